The van der Waals surface area contributed by atoms with E-state index in [-0.39, 0.29) is 25.0 Å². The quantitative estimate of drug-likeness (QED) is 0.320. The highest BCUT2D eigenvalue weighted by Gasteiger charge is 2.41. The summed E-state index contributed by atoms with van der Waals surface area (Å²) in [7, 11) is 0. The van der Waals surface area contributed by atoms with Crippen molar-refractivity contribution in [2.75, 3.05) is 19.7 Å². The first kappa shape index (κ1) is 30.7. The second kappa shape index (κ2) is 12.2. The normalized spacial score (nSPS) is 23.9. The summed E-state index contributed by atoms with van der Waals surface area (Å²) in [6, 6.07) is 8.92. The molecule has 2 aromatic heterocycles. The van der Waals surface area contributed by atoms with E-state index in [1.165, 1.54) is 11.1 Å². The van der Waals surface area contributed by atoms with E-state index in [0.717, 1.165) is 50.3 Å². The lowest BCUT2D eigenvalue weighted by atomic mass is 9.85. The smallest absolute Gasteiger partial charge is 0.410 e. The van der Waals surface area contributed by atoms with Crippen LogP contribution < -0.4 is 0 Å². The van der Waals surface area contributed by atoms with E-state index in [0.29, 0.717) is 37.2 Å². The van der Waals surface area contributed by atoms with Crippen molar-refractivity contribution in [2.45, 2.75) is 121 Å². The Bertz CT molecular complexity index is 1450. The van der Waals surface area contributed by atoms with Crippen LogP contribution in [0.5, 0.6) is 0 Å². The predicted octanol–water partition coefficient (Wildman–Crippen LogP) is 6.40. The second-order valence-electron chi connectivity index (χ2n) is 14.1. The van der Waals surface area contributed by atoms with Crippen molar-refractivity contribution in [3.8, 4) is 0 Å². The summed E-state index contributed by atoms with van der Waals surface area (Å²) < 4.78 is 31.7. The Morgan fingerprint density at radius 3 is 2.50 bits per heavy atom. The molecule has 3 aliphatic rings. The van der Waals surface area contributed by atoms with Crippen molar-refractivity contribution in [1.82, 2.24) is 34.7 Å². The van der Waals surface area contributed by atoms with Crippen LogP contribution in [0.4, 0.5) is 9.18 Å². The van der Waals surface area contributed by atoms with Crippen LogP contribution in [0, 0.1) is 0 Å². The van der Waals surface area contributed by atoms with Gasteiger partial charge in [0.05, 0.1) is 18.8 Å². The van der Waals surface area contributed by atoms with Crippen molar-refractivity contribution in [3.05, 3.63) is 58.9 Å². The van der Waals surface area contributed by atoms with E-state index < -0.39 is 17.4 Å². The minimum Gasteiger partial charge on any atom is -0.444 e. The molecule has 1 aliphatic carbocycles. The Balaban J connectivity index is 1.05. The fourth-order valence-electron chi connectivity index (χ4n) is 6.79. The average Bonchev–Trinajstić information content (AvgIpc) is 3.66. The van der Waals surface area contributed by atoms with Gasteiger partial charge < -0.3 is 18.9 Å². The topological polar surface area (TPSA) is 100 Å². The van der Waals surface area contributed by atoms with Crippen molar-refractivity contribution < 1.29 is 18.7 Å². The number of fused-ring (bicyclic) bond motifs is 1. The van der Waals surface area contributed by atoms with Gasteiger partial charge in [0.15, 0.2) is 11.5 Å². The van der Waals surface area contributed by atoms with Gasteiger partial charge >= 0.3 is 6.09 Å². The van der Waals surface area contributed by atoms with Crippen molar-refractivity contribution in [1.29, 1.82) is 0 Å². The zero-order chi connectivity index (χ0) is 31.1. The van der Waals surface area contributed by atoms with Gasteiger partial charge in [-0.05, 0) is 63.5 Å². The number of carbonyl (C=O) groups is 1. The molecule has 6 rings (SSSR count). The molecular weight excluding hydrogens is 561 g/mol. The van der Waals surface area contributed by atoms with Gasteiger partial charge in [0.1, 0.15) is 23.2 Å². The minimum absolute atomic E-state index is 0.0960. The molecule has 1 atom stereocenters. The number of benzene rings is 1. The fraction of sp³-hybridized carbons (Fsp3) is 0.667. The summed E-state index contributed by atoms with van der Waals surface area (Å²) in [5.41, 5.74) is 0.786. The predicted molar refractivity (Wildman–Crippen MR) is 163 cm³/mol. The monoisotopic (exact) mass is 607 g/mol. The van der Waals surface area contributed by atoms with Gasteiger partial charge in [0, 0.05) is 44.8 Å². The van der Waals surface area contributed by atoms with Crippen molar-refractivity contribution in [2.24, 2.45) is 0 Å². The van der Waals surface area contributed by atoms with E-state index in [1.807, 2.05) is 25.5 Å². The Labute approximate surface area is 259 Å². The lowest BCUT2D eigenvalue weighted by molar-refractivity contribution is 0.00122. The molecule has 3 aromatic rings. The summed E-state index contributed by atoms with van der Waals surface area (Å²) in [6.07, 6.45) is 6.21. The van der Waals surface area contributed by atoms with Crippen LogP contribution in [-0.4, -0.2) is 66.0 Å². The first-order valence-corrected chi connectivity index (χ1v) is 16.2. The number of hydrogen-bond acceptors (Lipinski definition) is 7. The maximum atomic E-state index is 16.0. The van der Waals surface area contributed by atoms with E-state index in [9.17, 15) is 4.79 Å². The maximum Gasteiger partial charge on any atom is 0.410 e. The average molecular weight is 608 g/mol. The third kappa shape index (κ3) is 6.53. The Morgan fingerprint density at radius 1 is 1.07 bits per heavy atom. The summed E-state index contributed by atoms with van der Waals surface area (Å²) in [5.74, 6) is 2.79. The number of ether oxygens (including phenoxy) is 2. The molecule has 0 radical (unpaired) electrons. The highest BCUT2D eigenvalue weighted by molar-refractivity contribution is 5.68. The number of amides is 1. The summed E-state index contributed by atoms with van der Waals surface area (Å²) in [4.78, 5) is 14.0. The van der Waals surface area contributed by atoms with Gasteiger partial charge in [-0.15, -0.1) is 15.3 Å². The number of halogens is 1. The molecule has 0 N–H and O–H groups in total. The minimum atomic E-state index is -1.59. The first-order valence-electron chi connectivity index (χ1n) is 16.2. The highest BCUT2D eigenvalue weighted by Crippen LogP contribution is 2.41. The SMILES string of the molecule is CC(C)c1cccc(CC2OCCn3c(C4CCC(n5cc(C6(F)CCN(C(=O)OC(C)(C)C)CC6)nn5)CC4)nnc32)c1. The number of likely N-dealkylation sites (tertiary alicyclic amines) is 1. The second-order valence-corrected chi connectivity index (χ2v) is 14.1. The zero-order valence-corrected chi connectivity index (χ0v) is 26.7. The number of nitrogens with zero attached hydrogens (tertiary/aromatic N) is 7. The molecule has 1 amide bonds. The van der Waals surface area contributed by atoms with Gasteiger partial charge in [-0.25, -0.2) is 13.9 Å². The number of rotatable bonds is 6. The van der Waals surface area contributed by atoms with Crippen molar-refractivity contribution in [3.63, 3.8) is 0 Å². The van der Waals surface area contributed by atoms with Crippen LogP contribution in [-0.2, 0) is 28.1 Å². The van der Waals surface area contributed by atoms with E-state index in [2.05, 4.69) is 63.2 Å². The van der Waals surface area contributed by atoms with E-state index >= 15 is 4.39 Å². The molecular formula is C33H46FN7O3. The van der Waals surface area contributed by atoms with E-state index in [1.54, 1.807) is 11.1 Å². The number of hydrogen-bond donors (Lipinski definition) is 0. The summed E-state index contributed by atoms with van der Waals surface area (Å²) >= 11 is 0. The Morgan fingerprint density at radius 2 is 1.80 bits per heavy atom. The third-order valence-corrected chi connectivity index (χ3v) is 9.38. The first-order chi connectivity index (χ1) is 21.0. The number of piperidine rings is 1. The summed E-state index contributed by atoms with van der Waals surface area (Å²) in [6.45, 7) is 11.9. The van der Waals surface area contributed by atoms with Crippen LogP contribution >= 0.6 is 0 Å². The molecule has 1 saturated heterocycles. The molecule has 0 bridgehead atoms. The number of aromatic nitrogens is 6. The third-order valence-electron chi connectivity index (χ3n) is 9.38. The van der Waals surface area contributed by atoms with Crippen molar-refractivity contribution >= 4 is 6.09 Å². The fourth-order valence-corrected chi connectivity index (χ4v) is 6.79. The van der Waals surface area contributed by atoms with E-state index in [4.69, 9.17) is 9.47 Å². The summed E-state index contributed by atoms with van der Waals surface area (Å²) in [5, 5.41) is 17.9. The zero-order valence-electron chi connectivity index (χ0n) is 26.7. The highest BCUT2D eigenvalue weighted by atomic mass is 19.1. The van der Waals surface area contributed by atoms with Crippen LogP contribution in [0.1, 0.15) is 126 Å². The molecule has 1 unspecified atom stereocenters. The number of carbonyl (C=O) groups excluding carboxylic acids is 1. The van der Waals surface area contributed by atoms with Crippen LogP contribution in [0.25, 0.3) is 0 Å². The molecule has 2 aliphatic heterocycles. The standard InChI is InChI=1S/C33H46FN7O3/c1-22(2)25-8-6-7-23(19-25)20-27-30-37-36-29(40(30)17-18-43-27)24-9-11-26(12-10-24)41-21-28(35-38-41)33(34)13-15-39(16-14-33)31(42)44-32(3,4)5/h6-8,19,21-22,24,26-27H,9-18,20H2,1-5H3. The molecule has 10 nitrogen and oxygen atoms in total. The molecule has 0 spiro atoms. The largest absolute Gasteiger partial charge is 0.444 e. The lowest BCUT2D eigenvalue weighted by Crippen LogP contribution is -2.45. The lowest BCUT2D eigenvalue weighted by Gasteiger charge is -2.36. The molecule has 238 valence electrons. The Hall–Kier alpha value is -3.34. The van der Waals surface area contributed by atoms with Gasteiger partial charge in [0.25, 0.3) is 0 Å². The molecule has 4 heterocycles. The van der Waals surface area contributed by atoms with Crippen LogP contribution in [0.3, 0.4) is 0 Å². The molecule has 11 heteroatoms. The van der Waals surface area contributed by atoms with Gasteiger partial charge in [-0.2, -0.15) is 0 Å². The Kier molecular flexibility index (Phi) is 8.52. The number of alkyl halides is 1. The van der Waals surface area contributed by atoms with Gasteiger partial charge in [-0.1, -0.05) is 43.3 Å². The van der Waals surface area contributed by atoms with Crippen LogP contribution in [0.15, 0.2) is 30.5 Å². The molecule has 2 fully saturated rings. The molecule has 1 saturated carbocycles. The van der Waals surface area contributed by atoms with Crippen LogP contribution in [0.2, 0.25) is 0 Å². The van der Waals surface area contributed by atoms with Gasteiger partial charge in [0.2, 0.25) is 0 Å². The maximum absolute atomic E-state index is 16.0. The molecule has 1 aromatic carbocycles. The molecule has 44 heavy (non-hydrogen) atoms. The van der Waals surface area contributed by atoms with Gasteiger partial charge in [-0.3, -0.25) is 0 Å².